The van der Waals surface area contributed by atoms with Gasteiger partial charge >= 0.3 is 6.18 Å². The first-order chi connectivity index (χ1) is 8.21. The molecule has 0 bridgehead atoms. The smallest absolute Gasteiger partial charge is 0.166 e. The molecule has 0 amide bonds. The van der Waals surface area contributed by atoms with E-state index in [2.05, 4.69) is 0 Å². The lowest BCUT2D eigenvalue weighted by Crippen LogP contribution is -2.10. The van der Waals surface area contributed by atoms with Crippen molar-refractivity contribution in [1.29, 1.82) is 0 Å². The second-order valence-corrected chi connectivity index (χ2v) is 5.50. The highest BCUT2D eigenvalue weighted by atomic mass is 35.5. The largest absolute Gasteiger partial charge is 0.416 e. The number of alkyl halides is 4. The first-order valence-corrected chi connectivity index (χ1v) is 6.46. The summed E-state index contributed by atoms with van der Waals surface area (Å²) >= 11 is 6.14. The molecular weight excluding hydrogens is 261 g/mol. The van der Waals surface area contributed by atoms with Gasteiger partial charge in [-0.25, -0.2) is 0 Å². The minimum absolute atomic E-state index is 0.0618. The van der Waals surface area contributed by atoms with Crippen molar-refractivity contribution >= 4 is 11.6 Å². The average Bonchev–Trinajstić information content (AvgIpc) is 2.25. The zero-order valence-corrected chi connectivity index (χ0v) is 11.6. The molecule has 1 atom stereocenters. The molecule has 18 heavy (non-hydrogen) atoms. The lowest BCUT2D eigenvalue weighted by Gasteiger charge is -2.15. The highest BCUT2D eigenvalue weighted by Gasteiger charge is 2.30. The molecular formula is C14H18ClF3. The van der Waals surface area contributed by atoms with Gasteiger partial charge in [0.05, 0.1) is 5.56 Å². The van der Waals surface area contributed by atoms with E-state index in [-0.39, 0.29) is 5.38 Å². The Balaban J connectivity index is 2.75. The molecule has 0 aliphatic carbocycles. The highest BCUT2D eigenvalue weighted by molar-refractivity contribution is 6.20. The van der Waals surface area contributed by atoms with Crippen molar-refractivity contribution in [2.24, 2.45) is 5.92 Å². The van der Waals surface area contributed by atoms with Crippen LogP contribution in [0.5, 0.6) is 0 Å². The molecule has 102 valence electrons. The fourth-order valence-electron chi connectivity index (χ4n) is 1.78. The average molecular weight is 279 g/mol. The monoisotopic (exact) mass is 278 g/mol. The Morgan fingerprint density at radius 3 is 2.28 bits per heavy atom. The summed E-state index contributed by atoms with van der Waals surface area (Å²) in [4.78, 5) is 0. The number of hydrogen-bond donors (Lipinski definition) is 0. The van der Waals surface area contributed by atoms with E-state index in [4.69, 9.17) is 11.6 Å². The van der Waals surface area contributed by atoms with E-state index < -0.39 is 11.7 Å². The highest BCUT2D eigenvalue weighted by Crippen LogP contribution is 2.31. The quantitative estimate of drug-likeness (QED) is 0.663. The molecule has 1 aromatic rings. The summed E-state index contributed by atoms with van der Waals surface area (Å²) in [6.45, 7) is 5.79. The summed E-state index contributed by atoms with van der Waals surface area (Å²) in [7, 11) is 0. The third-order valence-corrected chi connectivity index (χ3v) is 3.80. The van der Waals surface area contributed by atoms with Crippen molar-refractivity contribution in [3.63, 3.8) is 0 Å². The van der Waals surface area contributed by atoms with Gasteiger partial charge in [0, 0.05) is 5.38 Å². The summed E-state index contributed by atoms with van der Waals surface area (Å²) in [5.41, 5.74) is 1.03. The Kier molecular flexibility index (Phi) is 5.09. The van der Waals surface area contributed by atoms with Crippen LogP contribution in [0.3, 0.4) is 0 Å². The molecule has 0 radical (unpaired) electrons. The second kappa shape index (κ2) is 5.96. The van der Waals surface area contributed by atoms with Gasteiger partial charge in [-0.2, -0.15) is 13.2 Å². The normalized spacial score (nSPS) is 14.0. The van der Waals surface area contributed by atoms with E-state index in [0.29, 0.717) is 11.5 Å². The SMILES string of the molecule is Cc1cc(C(F)(F)F)ccc1CCC(Cl)C(C)C. The Bertz CT molecular complexity index is 397. The summed E-state index contributed by atoms with van der Waals surface area (Å²) < 4.78 is 37.5. The summed E-state index contributed by atoms with van der Waals surface area (Å²) in [5.74, 6) is 0.376. The van der Waals surface area contributed by atoms with Crippen molar-refractivity contribution < 1.29 is 13.2 Å². The van der Waals surface area contributed by atoms with Gasteiger partial charge in [-0.3, -0.25) is 0 Å². The van der Waals surface area contributed by atoms with E-state index in [9.17, 15) is 13.2 Å². The molecule has 0 aromatic heterocycles. The van der Waals surface area contributed by atoms with Crippen LogP contribution in [0.4, 0.5) is 13.2 Å². The molecule has 1 aromatic carbocycles. The lowest BCUT2D eigenvalue weighted by molar-refractivity contribution is -0.137. The number of hydrogen-bond acceptors (Lipinski definition) is 0. The van der Waals surface area contributed by atoms with Gasteiger partial charge in [0.15, 0.2) is 0 Å². The van der Waals surface area contributed by atoms with Crippen LogP contribution in [0.1, 0.15) is 37.0 Å². The van der Waals surface area contributed by atoms with E-state index in [1.807, 2.05) is 13.8 Å². The van der Waals surface area contributed by atoms with Crippen molar-refractivity contribution in [3.8, 4) is 0 Å². The topological polar surface area (TPSA) is 0 Å². The van der Waals surface area contributed by atoms with Crippen LogP contribution in [0.25, 0.3) is 0 Å². The number of benzene rings is 1. The van der Waals surface area contributed by atoms with E-state index >= 15 is 0 Å². The molecule has 4 heteroatoms. The predicted octanol–water partition coefficient (Wildman–Crippen LogP) is 5.21. The lowest BCUT2D eigenvalue weighted by atomic mass is 9.97. The Hall–Kier alpha value is -0.700. The van der Waals surface area contributed by atoms with Crippen molar-refractivity contribution in [3.05, 3.63) is 34.9 Å². The van der Waals surface area contributed by atoms with Crippen molar-refractivity contribution in [2.75, 3.05) is 0 Å². The van der Waals surface area contributed by atoms with Crippen LogP contribution in [0.15, 0.2) is 18.2 Å². The van der Waals surface area contributed by atoms with Gasteiger partial charge in [-0.15, -0.1) is 11.6 Å². The molecule has 0 saturated carbocycles. The minimum atomic E-state index is -4.27. The maximum absolute atomic E-state index is 12.5. The molecule has 1 rings (SSSR count). The number of rotatable bonds is 4. The van der Waals surface area contributed by atoms with Gasteiger partial charge in [0.1, 0.15) is 0 Å². The summed E-state index contributed by atoms with van der Waals surface area (Å²) in [5, 5.41) is 0.0618. The van der Waals surface area contributed by atoms with Crippen LogP contribution in [-0.2, 0) is 12.6 Å². The maximum Gasteiger partial charge on any atom is 0.416 e. The van der Waals surface area contributed by atoms with Gasteiger partial charge in [0.25, 0.3) is 0 Å². The fraction of sp³-hybridized carbons (Fsp3) is 0.571. The Labute approximate surface area is 111 Å². The molecule has 1 unspecified atom stereocenters. The molecule has 0 nitrogen and oxygen atoms in total. The first-order valence-electron chi connectivity index (χ1n) is 6.02. The minimum Gasteiger partial charge on any atom is -0.166 e. The van der Waals surface area contributed by atoms with Gasteiger partial charge in [0.2, 0.25) is 0 Å². The van der Waals surface area contributed by atoms with Crippen LogP contribution in [0, 0.1) is 12.8 Å². The van der Waals surface area contributed by atoms with Gasteiger partial charge in [-0.05, 0) is 48.9 Å². The standard InChI is InChI=1S/C14H18ClF3/c1-9(2)13(15)7-5-11-4-6-12(8-10(11)3)14(16,17)18/h4,6,8-9,13H,5,7H2,1-3H3. The van der Waals surface area contributed by atoms with Gasteiger partial charge < -0.3 is 0 Å². The van der Waals surface area contributed by atoms with Crippen molar-refractivity contribution in [2.45, 2.75) is 45.2 Å². The molecule has 0 aliphatic rings. The maximum atomic E-state index is 12.5. The Morgan fingerprint density at radius 2 is 1.83 bits per heavy atom. The second-order valence-electron chi connectivity index (χ2n) is 4.94. The molecule has 0 N–H and O–H groups in total. The third kappa shape index (κ3) is 4.20. The number of aryl methyl sites for hydroxylation is 2. The van der Waals surface area contributed by atoms with Crippen LogP contribution < -0.4 is 0 Å². The van der Waals surface area contributed by atoms with Crippen LogP contribution in [0.2, 0.25) is 0 Å². The summed E-state index contributed by atoms with van der Waals surface area (Å²) in [6, 6.07) is 3.90. The predicted molar refractivity (Wildman–Crippen MR) is 69.0 cm³/mol. The first kappa shape index (κ1) is 15.4. The zero-order chi connectivity index (χ0) is 13.9. The Morgan fingerprint density at radius 1 is 1.22 bits per heavy atom. The van der Waals surface area contributed by atoms with Crippen molar-refractivity contribution in [1.82, 2.24) is 0 Å². The van der Waals surface area contributed by atoms with Crippen LogP contribution in [-0.4, -0.2) is 5.38 Å². The molecule has 0 aliphatic heterocycles. The fourth-order valence-corrected chi connectivity index (χ4v) is 1.89. The third-order valence-electron chi connectivity index (χ3n) is 3.08. The van der Waals surface area contributed by atoms with Gasteiger partial charge in [-0.1, -0.05) is 19.9 Å². The zero-order valence-electron chi connectivity index (χ0n) is 10.8. The molecule has 0 spiro atoms. The van der Waals surface area contributed by atoms with E-state index in [1.165, 1.54) is 6.07 Å². The molecule has 0 heterocycles. The number of halogens is 4. The van der Waals surface area contributed by atoms with E-state index in [1.54, 1.807) is 13.0 Å². The molecule has 0 saturated heterocycles. The summed E-state index contributed by atoms with van der Waals surface area (Å²) in [6.07, 6.45) is -2.77. The van der Waals surface area contributed by atoms with Crippen LogP contribution >= 0.6 is 11.6 Å². The van der Waals surface area contributed by atoms with E-state index in [0.717, 1.165) is 24.5 Å². The molecule has 0 fully saturated rings.